The number of ketones is 1. The number of unbranched alkanes of at least 4 members (excludes halogenated alkanes) is 2. The first-order valence-electron chi connectivity index (χ1n) is 15.4. The van der Waals surface area contributed by atoms with Gasteiger partial charge >= 0.3 is 12.1 Å². The highest BCUT2D eigenvalue weighted by Gasteiger charge is 2.60. The molecule has 2 saturated carbocycles. The minimum atomic E-state index is -5.47. The van der Waals surface area contributed by atoms with E-state index in [9.17, 15) is 31.9 Å². The quantitative estimate of drug-likeness (QED) is 0.167. The summed E-state index contributed by atoms with van der Waals surface area (Å²) in [6.45, 7) is 3.74. The van der Waals surface area contributed by atoms with E-state index in [0.29, 0.717) is 18.6 Å². The van der Waals surface area contributed by atoms with E-state index >= 15 is 4.39 Å². The molecule has 1 aromatic carbocycles. The molecule has 0 amide bonds. The van der Waals surface area contributed by atoms with Crippen LogP contribution in [0.5, 0.6) is 5.75 Å². The van der Waals surface area contributed by atoms with Crippen LogP contribution in [0, 0.1) is 23.2 Å². The Morgan fingerprint density at radius 2 is 1.76 bits per heavy atom. The van der Waals surface area contributed by atoms with E-state index in [2.05, 4.69) is 4.90 Å². The number of fused-ring (bicyclic) bond motifs is 5. The fourth-order valence-corrected chi connectivity index (χ4v) is 8.87. The van der Waals surface area contributed by atoms with E-state index in [0.717, 1.165) is 74.9 Å². The maximum atomic E-state index is 15.8. The lowest BCUT2D eigenvalue weighted by Crippen LogP contribution is -2.50. The van der Waals surface area contributed by atoms with Crippen LogP contribution in [0.25, 0.3) is 0 Å². The Balaban J connectivity index is 1.19. The van der Waals surface area contributed by atoms with Crippen molar-refractivity contribution in [2.45, 2.75) is 102 Å². The molecule has 0 bridgehead atoms. The number of rotatable bonds is 14. The van der Waals surface area contributed by atoms with Crippen molar-refractivity contribution in [1.82, 2.24) is 4.90 Å². The molecule has 6 atom stereocenters. The largest absolute Gasteiger partial charge is 0.508 e. The van der Waals surface area contributed by atoms with E-state index in [1.54, 1.807) is 12.1 Å². The summed E-state index contributed by atoms with van der Waals surface area (Å²) in [5.41, 5.74) is 1.49. The van der Waals surface area contributed by atoms with Gasteiger partial charge in [0.05, 0.1) is 0 Å². The normalized spacial score (nSPS) is 29.5. The molecule has 0 saturated heterocycles. The Morgan fingerprint density at radius 1 is 1.05 bits per heavy atom. The molecule has 10 heteroatoms. The minimum absolute atomic E-state index is 0.141. The number of alkyl halides is 6. The number of phenols is 1. The van der Waals surface area contributed by atoms with Gasteiger partial charge in [-0.3, -0.25) is 4.79 Å². The van der Waals surface area contributed by atoms with Crippen LogP contribution < -0.4 is 0 Å². The SMILES string of the molecule is CN(CCCCCC1Cc2cc(O)ccc2[C@H]2C(F)C[C@]3(C)C(=O)CC[C@H]3[C@H]12)CCCSCCCC(F)(F)C(F)(F)F. The molecule has 42 heavy (non-hydrogen) atoms. The highest BCUT2D eigenvalue weighted by Crippen LogP contribution is 2.62. The van der Waals surface area contributed by atoms with Gasteiger partial charge in [-0.25, -0.2) is 4.39 Å². The molecule has 238 valence electrons. The molecular formula is C32H45F6NO2S. The Hall–Kier alpha value is -1.42. The van der Waals surface area contributed by atoms with Gasteiger partial charge in [0.25, 0.3) is 0 Å². The Morgan fingerprint density at radius 3 is 2.50 bits per heavy atom. The van der Waals surface area contributed by atoms with Gasteiger partial charge in [-0.05, 0) is 118 Å². The number of thioether (sulfide) groups is 1. The summed E-state index contributed by atoms with van der Waals surface area (Å²) in [5.74, 6) is -2.75. The van der Waals surface area contributed by atoms with Crippen molar-refractivity contribution in [3.8, 4) is 5.75 Å². The number of carbonyl (C=O) groups is 1. The van der Waals surface area contributed by atoms with Crippen LogP contribution in [0.4, 0.5) is 26.3 Å². The number of aromatic hydroxyl groups is 1. The maximum Gasteiger partial charge on any atom is 0.453 e. The lowest BCUT2D eigenvalue weighted by molar-refractivity contribution is -0.284. The third-order valence-electron chi connectivity index (χ3n) is 10.2. The first-order chi connectivity index (χ1) is 19.7. The third-order valence-corrected chi connectivity index (χ3v) is 11.3. The van der Waals surface area contributed by atoms with Crippen LogP contribution in [-0.2, 0) is 11.2 Å². The van der Waals surface area contributed by atoms with Crippen LogP contribution in [0.3, 0.4) is 0 Å². The summed E-state index contributed by atoms with van der Waals surface area (Å²) < 4.78 is 78.4. The summed E-state index contributed by atoms with van der Waals surface area (Å²) in [6, 6.07) is 5.35. The van der Waals surface area contributed by atoms with Gasteiger partial charge in [0.1, 0.15) is 17.7 Å². The fourth-order valence-electron chi connectivity index (χ4n) is 7.99. The van der Waals surface area contributed by atoms with Crippen LogP contribution in [-0.4, -0.2) is 65.7 Å². The van der Waals surface area contributed by atoms with E-state index in [1.165, 1.54) is 11.8 Å². The molecule has 0 heterocycles. The molecule has 1 N–H and O–H groups in total. The number of Topliss-reactive ketones (excluding diaryl/α,β-unsaturated/α-hetero) is 1. The average molecular weight is 622 g/mol. The van der Waals surface area contributed by atoms with Crippen LogP contribution in [0.2, 0.25) is 0 Å². The van der Waals surface area contributed by atoms with E-state index in [1.807, 2.05) is 20.0 Å². The predicted octanol–water partition coefficient (Wildman–Crippen LogP) is 8.58. The molecule has 0 aliphatic heterocycles. The maximum absolute atomic E-state index is 15.8. The van der Waals surface area contributed by atoms with Crippen molar-refractivity contribution in [1.29, 1.82) is 0 Å². The molecule has 2 fully saturated rings. The lowest BCUT2D eigenvalue weighted by Gasteiger charge is -2.53. The van der Waals surface area contributed by atoms with Gasteiger partial charge in [-0.15, -0.1) is 0 Å². The van der Waals surface area contributed by atoms with Crippen molar-refractivity contribution < 1.29 is 36.2 Å². The predicted molar refractivity (Wildman–Crippen MR) is 155 cm³/mol. The zero-order chi connectivity index (χ0) is 30.7. The third kappa shape index (κ3) is 7.44. The zero-order valence-corrected chi connectivity index (χ0v) is 25.5. The highest BCUT2D eigenvalue weighted by atomic mass is 32.2. The molecule has 4 rings (SSSR count). The second-order valence-corrected chi connectivity index (χ2v) is 14.3. The summed E-state index contributed by atoms with van der Waals surface area (Å²) in [6.07, 6.45) is -0.478. The molecule has 0 radical (unpaired) electrons. The van der Waals surface area contributed by atoms with E-state index in [-0.39, 0.29) is 41.6 Å². The molecular weight excluding hydrogens is 576 g/mol. The Labute approximate surface area is 250 Å². The van der Waals surface area contributed by atoms with Crippen LogP contribution in [0.15, 0.2) is 18.2 Å². The van der Waals surface area contributed by atoms with Crippen molar-refractivity contribution in [2.75, 3.05) is 31.6 Å². The Kier molecular flexibility index (Phi) is 10.9. The number of phenolic OH excluding ortho intramolecular Hbond substituents is 1. The number of halogens is 6. The van der Waals surface area contributed by atoms with Gasteiger partial charge in [-0.2, -0.15) is 33.7 Å². The smallest absolute Gasteiger partial charge is 0.453 e. The van der Waals surface area contributed by atoms with Gasteiger partial charge in [0, 0.05) is 24.2 Å². The lowest BCUT2D eigenvalue weighted by atomic mass is 9.51. The first-order valence-corrected chi connectivity index (χ1v) is 16.6. The van der Waals surface area contributed by atoms with Gasteiger partial charge in [0.15, 0.2) is 0 Å². The minimum Gasteiger partial charge on any atom is -0.508 e. The number of hydrogen-bond acceptors (Lipinski definition) is 4. The van der Waals surface area contributed by atoms with Crippen molar-refractivity contribution in [2.24, 2.45) is 23.2 Å². The number of carbonyl (C=O) groups excluding carboxylic acids is 1. The van der Waals surface area contributed by atoms with Crippen molar-refractivity contribution in [3.63, 3.8) is 0 Å². The summed E-state index contributed by atoms with van der Waals surface area (Å²) in [5, 5.41) is 10.1. The van der Waals surface area contributed by atoms with Crippen LogP contribution in [0.1, 0.15) is 88.2 Å². The monoisotopic (exact) mass is 621 g/mol. The van der Waals surface area contributed by atoms with Crippen molar-refractivity contribution in [3.05, 3.63) is 29.3 Å². The second kappa shape index (κ2) is 13.7. The van der Waals surface area contributed by atoms with E-state index < -0.39 is 30.1 Å². The number of benzene rings is 1. The topological polar surface area (TPSA) is 40.5 Å². The second-order valence-electron chi connectivity index (χ2n) is 13.1. The molecule has 0 spiro atoms. The van der Waals surface area contributed by atoms with Crippen molar-refractivity contribution >= 4 is 17.5 Å². The summed E-state index contributed by atoms with van der Waals surface area (Å²) in [7, 11) is 2.03. The summed E-state index contributed by atoms with van der Waals surface area (Å²) in [4.78, 5) is 15.1. The molecule has 0 aromatic heterocycles. The van der Waals surface area contributed by atoms with Crippen LogP contribution >= 0.6 is 11.8 Å². The number of nitrogens with zero attached hydrogens (tertiary/aromatic N) is 1. The molecule has 3 aliphatic rings. The molecule has 1 aromatic rings. The highest BCUT2D eigenvalue weighted by molar-refractivity contribution is 7.99. The van der Waals surface area contributed by atoms with E-state index in [4.69, 9.17) is 0 Å². The van der Waals surface area contributed by atoms with Gasteiger partial charge < -0.3 is 10.0 Å². The number of hydrogen-bond donors (Lipinski definition) is 1. The van der Waals surface area contributed by atoms with Gasteiger partial charge in [0.2, 0.25) is 0 Å². The van der Waals surface area contributed by atoms with Gasteiger partial charge in [-0.1, -0.05) is 25.8 Å². The first kappa shape index (κ1) is 33.5. The molecule has 3 aliphatic carbocycles. The fraction of sp³-hybridized carbons (Fsp3) is 0.781. The average Bonchev–Trinajstić information content (AvgIpc) is 3.20. The summed E-state index contributed by atoms with van der Waals surface area (Å²) >= 11 is 1.42. The molecule has 2 unspecified atom stereocenters. The zero-order valence-electron chi connectivity index (χ0n) is 24.7. The standard InChI is InChI=1S/C32H45F6NO2S/c1-30-20-26(33)29-24-10-9-23(40)19-22(24)18-21(28(29)25(30)11-12-27(30)41)8-4-3-5-14-39(2)15-7-17-42-16-6-13-31(34,35)32(36,37)38/h9-10,19,21,25-26,28-29,40H,3-8,11-18,20H2,1-2H3/t21?,25-,26?,28-,29-,30-/m0/s1. The molecule has 3 nitrogen and oxygen atoms in total. The Bertz CT molecular complexity index is 1070.